The van der Waals surface area contributed by atoms with Gasteiger partial charge in [-0.05, 0) is 30.7 Å². The maximum Gasteiger partial charge on any atom is 0.238 e. The number of hydrogen-bond donors (Lipinski definition) is 2. The average Bonchev–Trinajstić information content (AvgIpc) is 2.76. The predicted octanol–water partition coefficient (Wildman–Crippen LogP) is 2.68. The molecule has 0 spiro atoms. The number of hydrogen-bond acceptors (Lipinski definition) is 5. The topological polar surface area (TPSA) is 79.9 Å². The standard InChI is InChI=1S/C23H31N3O4/c1-3-26(17-23(28)25-20-12-7-8-13-21(20)29-2)16-22(27)24-14-9-15-30-18-19-10-5-4-6-11-19/h4-8,10-13H,3,9,14-18H2,1-2H3,(H,24,27)(H,25,28). The lowest BCUT2D eigenvalue weighted by Gasteiger charge is -2.19. The SMILES string of the molecule is CCN(CC(=O)NCCCOCc1ccccc1)CC(=O)Nc1ccccc1OC. The van der Waals surface area contributed by atoms with Crippen LogP contribution in [0, 0.1) is 0 Å². The van der Waals surface area contributed by atoms with Crippen molar-refractivity contribution < 1.29 is 19.1 Å². The van der Waals surface area contributed by atoms with Crippen molar-refractivity contribution in [3.05, 3.63) is 60.2 Å². The number of likely N-dealkylation sites (N-methyl/N-ethyl adjacent to an activating group) is 1. The monoisotopic (exact) mass is 413 g/mol. The first-order valence-electron chi connectivity index (χ1n) is 10.2. The van der Waals surface area contributed by atoms with Gasteiger partial charge in [-0.2, -0.15) is 0 Å². The van der Waals surface area contributed by atoms with Crippen molar-refractivity contribution in [1.82, 2.24) is 10.2 Å². The van der Waals surface area contributed by atoms with E-state index in [2.05, 4.69) is 10.6 Å². The maximum atomic E-state index is 12.3. The Morgan fingerprint density at radius 1 is 0.967 bits per heavy atom. The van der Waals surface area contributed by atoms with Crippen molar-refractivity contribution >= 4 is 17.5 Å². The maximum absolute atomic E-state index is 12.3. The van der Waals surface area contributed by atoms with Crippen molar-refractivity contribution in [3.63, 3.8) is 0 Å². The molecule has 162 valence electrons. The third kappa shape index (κ3) is 8.63. The molecule has 0 aliphatic rings. The minimum Gasteiger partial charge on any atom is -0.495 e. The fourth-order valence-corrected chi connectivity index (χ4v) is 2.85. The van der Waals surface area contributed by atoms with Gasteiger partial charge in [0.15, 0.2) is 0 Å². The molecule has 2 rings (SSSR count). The third-order valence-corrected chi connectivity index (χ3v) is 4.46. The van der Waals surface area contributed by atoms with E-state index in [1.165, 1.54) is 0 Å². The molecule has 0 saturated heterocycles. The summed E-state index contributed by atoms with van der Waals surface area (Å²) in [5.41, 5.74) is 1.74. The molecule has 2 N–H and O–H groups in total. The highest BCUT2D eigenvalue weighted by Gasteiger charge is 2.14. The summed E-state index contributed by atoms with van der Waals surface area (Å²) in [5.74, 6) is 0.301. The van der Waals surface area contributed by atoms with Crippen LogP contribution in [0.15, 0.2) is 54.6 Å². The molecule has 7 heteroatoms. The van der Waals surface area contributed by atoms with Gasteiger partial charge in [0, 0.05) is 13.2 Å². The second-order valence-electron chi connectivity index (χ2n) is 6.79. The number of nitrogens with one attached hydrogen (secondary N) is 2. The Bertz CT molecular complexity index is 783. The summed E-state index contributed by atoms with van der Waals surface area (Å²) in [6.07, 6.45) is 0.735. The smallest absolute Gasteiger partial charge is 0.238 e. The molecular formula is C23H31N3O4. The van der Waals surface area contributed by atoms with Crippen molar-refractivity contribution in [2.24, 2.45) is 0 Å². The van der Waals surface area contributed by atoms with Crippen LogP contribution < -0.4 is 15.4 Å². The Morgan fingerprint density at radius 2 is 1.67 bits per heavy atom. The molecule has 30 heavy (non-hydrogen) atoms. The fourth-order valence-electron chi connectivity index (χ4n) is 2.85. The molecule has 0 atom stereocenters. The van der Waals surface area contributed by atoms with Crippen LogP contribution in [0.4, 0.5) is 5.69 Å². The van der Waals surface area contributed by atoms with Crippen LogP contribution in [-0.2, 0) is 20.9 Å². The number of carbonyl (C=O) groups excluding carboxylic acids is 2. The minimum absolute atomic E-state index is 0.106. The molecule has 0 aliphatic heterocycles. The van der Waals surface area contributed by atoms with Crippen LogP contribution in [0.5, 0.6) is 5.75 Å². The third-order valence-electron chi connectivity index (χ3n) is 4.46. The zero-order valence-corrected chi connectivity index (χ0v) is 17.7. The fraction of sp³-hybridized carbons (Fsp3) is 0.391. The Hall–Kier alpha value is -2.90. The number of amides is 2. The highest BCUT2D eigenvalue weighted by Crippen LogP contribution is 2.22. The van der Waals surface area contributed by atoms with Gasteiger partial charge in [-0.15, -0.1) is 0 Å². The van der Waals surface area contributed by atoms with E-state index in [4.69, 9.17) is 9.47 Å². The van der Waals surface area contributed by atoms with Crippen molar-refractivity contribution in [2.45, 2.75) is 20.0 Å². The number of ether oxygens (including phenoxy) is 2. The van der Waals surface area contributed by atoms with Gasteiger partial charge in [-0.1, -0.05) is 49.4 Å². The number of anilines is 1. The summed E-state index contributed by atoms with van der Waals surface area (Å²) in [6, 6.07) is 17.2. The Balaban J connectivity index is 1.63. The first-order valence-corrected chi connectivity index (χ1v) is 10.2. The lowest BCUT2D eigenvalue weighted by molar-refractivity contribution is -0.123. The second-order valence-corrected chi connectivity index (χ2v) is 6.79. The van der Waals surface area contributed by atoms with Gasteiger partial charge in [0.2, 0.25) is 11.8 Å². The summed E-state index contributed by atoms with van der Waals surface area (Å²) in [4.78, 5) is 26.3. The molecule has 0 aromatic heterocycles. The molecule has 2 aromatic carbocycles. The van der Waals surface area contributed by atoms with Crippen LogP contribution in [0.25, 0.3) is 0 Å². The summed E-state index contributed by atoms with van der Waals surface area (Å²) >= 11 is 0. The van der Waals surface area contributed by atoms with Crippen molar-refractivity contribution in [2.75, 3.05) is 45.2 Å². The van der Waals surface area contributed by atoms with Crippen LogP contribution in [0.2, 0.25) is 0 Å². The van der Waals surface area contributed by atoms with Gasteiger partial charge in [0.1, 0.15) is 5.75 Å². The molecule has 0 bridgehead atoms. The molecule has 7 nitrogen and oxygen atoms in total. The lowest BCUT2D eigenvalue weighted by atomic mass is 10.2. The van der Waals surface area contributed by atoms with E-state index in [-0.39, 0.29) is 24.9 Å². The van der Waals surface area contributed by atoms with Crippen LogP contribution in [-0.4, -0.2) is 56.6 Å². The number of nitrogens with zero attached hydrogens (tertiary/aromatic N) is 1. The highest BCUT2D eigenvalue weighted by molar-refractivity contribution is 5.94. The minimum atomic E-state index is -0.191. The molecule has 0 radical (unpaired) electrons. The quantitative estimate of drug-likeness (QED) is 0.494. The van der Waals surface area contributed by atoms with Gasteiger partial charge < -0.3 is 20.1 Å². The molecule has 0 aliphatic carbocycles. The van der Waals surface area contributed by atoms with E-state index < -0.39 is 0 Å². The number of para-hydroxylation sites is 2. The van der Waals surface area contributed by atoms with Crippen LogP contribution in [0.1, 0.15) is 18.9 Å². The van der Waals surface area contributed by atoms with E-state index in [1.807, 2.05) is 49.4 Å². The van der Waals surface area contributed by atoms with E-state index >= 15 is 0 Å². The molecular weight excluding hydrogens is 382 g/mol. The second kappa shape index (κ2) is 13.3. The lowest BCUT2D eigenvalue weighted by Crippen LogP contribution is -2.41. The Kier molecular flexibility index (Phi) is 10.4. The zero-order chi connectivity index (χ0) is 21.6. The Labute approximate surface area is 178 Å². The van der Waals surface area contributed by atoms with Crippen LogP contribution >= 0.6 is 0 Å². The van der Waals surface area contributed by atoms with E-state index in [9.17, 15) is 9.59 Å². The summed E-state index contributed by atoms with van der Waals surface area (Å²) in [7, 11) is 1.56. The highest BCUT2D eigenvalue weighted by atomic mass is 16.5. The molecule has 2 amide bonds. The number of rotatable bonds is 13. The average molecular weight is 414 g/mol. The zero-order valence-electron chi connectivity index (χ0n) is 17.7. The first kappa shape index (κ1) is 23.4. The van der Waals surface area contributed by atoms with Crippen LogP contribution in [0.3, 0.4) is 0 Å². The summed E-state index contributed by atoms with van der Waals surface area (Å²) in [5, 5.41) is 5.70. The number of benzene rings is 2. The van der Waals surface area contributed by atoms with E-state index in [0.717, 1.165) is 12.0 Å². The summed E-state index contributed by atoms with van der Waals surface area (Å²) < 4.78 is 10.8. The van der Waals surface area contributed by atoms with Gasteiger partial charge >= 0.3 is 0 Å². The van der Waals surface area contributed by atoms with Gasteiger partial charge in [0.05, 0.1) is 32.5 Å². The van der Waals surface area contributed by atoms with Crippen molar-refractivity contribution in [1.29, 1.82) is 0 Å². The molecule has 2 aromatic rings. The number of methoxy groups -OCH3 is 1. The molecule has 0 heterocycles. The van der Waals surface area contributed by atoms with E-state index in [0.29, 0.717) is 37.7 Å². The molecule has 0 fully saturated rings. The van der Waals surface area contributed by atoms with Gasteiger partial charge in [0.25, 0.3) is 0 Å². The molecule has 0 unspecified atom stereocenters. The summed E-state index contributed by atoms with van der Waals surface area (Å²) in [6.45, 7) is 4.49. The number of carbonyl (C=O) groups is 2. The first-order chi connectivity index (χ1) is 14.6. The van der Waals surface area contributed by atoms with Crippen molar-refractivity contribution in [3.8, 4) is 5.75 Å². The van der Waals surface area contributed by atoms with E-state index in [1.54, 1.807) is 24.1 Å². The molecule has 0 saturated carbocycles. The van der Waals surface area contributed by atoms with Gasteiger partial charge in [-0.3, -0.25) is 14.5 Å². The van der Waals surface area contributed by atoms with Gasteiger partial charge in [-0.25, -0.2) is 0 Å². The predicted molar refractivity (Wildman–Crippen MR) is 117 cm³/mol. The normalized spacial score (nSPS) is 10.6. The Morgan fingerprint density at radius 3 is 2.40 bits per heavy atom. The largest absolute Gasteiger partial charge is 0.495 e.